The molecule has 0 amide bonds. The third-order valence-corrected chi connectivity index (χ3v) is 6.18. The first kappa shape index (κ1) is 23.3. The second-order valence-electron chi connectivity index (χ2n) is 8.36. The number of ether oxygens (including phenoxy) is 1. The van der Waals surface area contributed by atoms with Crippen LogP contribution in [0.2, 0.25) is 0 Å². The normalized spacial score (nSPS) is 14.0. The van der Waals surface area contributed by atoms with Crippen molar-refractivity contribution >= 4 is 28.8 Å². The third kappa shape index (κ3) is 3.82. The predicted molar refractivity (Wildman–Crippen MR) is 133 cm³/mol. The van der Waals surface area contributed by atoms with Crippen LogP contribution in [0.5, 0.6) is 23.0 Å². The Morgan fingerprint density at radius 3 is 2.39 bits per heavy atom. The lowest BCUT2D eigenvalue weighted by atomic mass is 9.91. The van der Waals surface area contributed by atoms with Crippen molar-refractivity contribution in [2.24, 2.45) is 5.73 Å². The molecule has 0 fully saturated rings. The Hall–Kier alpha value is -4.41. The number of carbonyl (C=O) groups is 2. The highest BCUT2D eigenvalue weighted by Crippen LogP contribution is 2.55. The molecule has 2 aliphatic rings. The van der Waals surface area contributed by atoms with Gasteiger partial charge in [-0.3, -0.25) is 9.59 Å². The number of carbonyl (C=O) groups excluding carboxylic acids is 2. The van der Waals surface area contributed by atoms with Crippen LogP contribution >= 0.6 is 0 Å². The van der Waals surface area contributed by atoms with Crippen LogP contribution in [0.3, 0.4) is 0 Å². The zero-order valence-electron chi connectivity index (χ0n) is 19.2. The molecule has 184 valence electrons. The van der Waals surface area contributed by atoms with Crippen molar-refractivity contribution in [3.8, 4) is 23.0 Å². The van der Waals surface area contributed by atoms with Gasteiger partial charge in [0.2, 0.25) is 0 Å². The number of aliphatic hydroxyl groups excluding tert-OH is 1. The molecule has 36 heavy (non-hydrogen) atoms. The number of para-hydroxylation sites is 1. The van der Waals surface area contributed by atoms with Crippen molar-refractivity contribution in [1.82, 2.24) is 4.98 Å². The minimum atomic E-state index is -0.609. The number of ketones is 2. The van der Waals surface area contributed by atoms with Crippen molar-refractivity contribution in [2.45, 2.75) is 6.54 Å². The van der Waals surface area contributed by atoms with E-state index in [0.29, 0.717) is 36.9 Å². The molecule has 0 unspecified atom stereocenters. The number of allylic oxidation sites excluding steroid dienone is 2. The van der Waals surface area contributed by atoms with E-state index in [1.165, 1.54) is 0 Å². The molecule has 0 bridgehead atoms. The minimum Gasteiger partial charge on any atom is -0.505 e. The number of aromatic hydroxyl groups is 2. The summed E-state index contributed by atoms with van der Waals surface area (Å²) < 4.78 is 6.03. The van der Waals surface area contributed by atoms with Gasteiger partial charge in [0.05, 0.1) is 36.2 Å². The van der Waals surface area contributed by atoms with Crippen molar-refractivity contribution in [3.05, 3.63) is 71.4 Å². The third-order valence-electron chi connectivity index (χ3n) is 6.18. The van der Waals surface area contributed by atoms with E-state index in [-0.39, 0.29) is 35.7 Å². The fourth-order valence-electron chi connectivity index (χ4n) is 4.49. The van der Waals surface area contributed by atoms with Crippen LogP contribution in [0.4, 0.5) is 17.2 Å². The second kappa shape index (κ2) is 9.33. The molecule has 3 aromatic rings. The lowest BCUT2D eigenvalue weighted by Crippen LogP contribution is -2.32. The van der Waals surface area contributed by atoms with Gasteiger partial charge in [-0.25, -0.2) is 4.98 Å². The average molecular weight is 489 g/mol. The Kier molecular flexibility index (Phi) is 6.05. The van der Waals surface area contributed by atoms with Crippen molar-refractivity contribution in [1.29, 1.82) is 0 Å². The molecule has 5 rings (SSSR count). The fourth-order valence-corrected chi connectivity index (χ4v) is 4.49. The number of fused-ring (bicyclic) bond motifs is 3. The number of phenolic OH excluding ortho intramolecular Hbond substituents is 2. The highest BCUT2D eigenvalue weighted by Gasteiger charge is 2.37. The van der Waals surface area contributed by atoms with Crippen LogP contribution in [0.25, 0.3) is 0 Å². The summed E-state index contributed by atoms with van der Waals surface area (Å²) in [6, 6.07) is 10.7. The lowest BCUT2D eigenvalue weighted by molar-refractivity contribution is 0.0989. The van der Waals surface area contributed by atoms with E-state index in [1.54, 1.807) is 35.4 Å². The number of anilines is 3. The summed E-state index contributed by atoms with van der Waals surface area (Å²) in [5.41, 5.74) is 6.44. The number of hydrogen-bond acceptors (Lipinski definition) is 10. The first-order valence-electron chi connectivity index (χ1n) is 11.4. The summed E-state index contributed by atoms with van der Waals surface area (Å²) in [4.78, 5) is 33.3. The Balaban J connectivity index is 1.69. The average Bonchev–Trinajstić information content (AvgIpc) is 3.06. The van der Waals surface area contributed by atoms with Crippen LogP contribution in [0.1, 0.15) is 26.3 Å². The molecular weight excluding hydrogens is 464 g/mol. The fraction of sp³-hybridized carbons (Fsp3) is 0.192. The Morgan fingerprint density at radius 1 is 1.00 bits per heavy atom. The number of rotatable bonds is 6. The van der Waals surface area contributed by atoms with E-state index in [2.05, 4.69) is 4.98 Å². The number of nitrogens with zero attached hydrogens (tertiary/aromatic N) is 3. The molecule has 0 radical (unpaired) electrons. The van der Waals surface area contributed by atoms with Gasteiger partial charge in [0.1, 0.15) is 17.3 Å². The maximum atomic E-state index is 12.7. The molecule has 1 aliphatic heterocycles. The monoisotopic (exact) mass is 488 g/mol. The summed E-state index contributed by atoms with van der Waals surface area (Å²) in [6.45, 7) is 1.41. The van der Waals surface area contributed by atoms with Crippen LogP contribution in [-0.2, 0) is 6.54 Å². The molecule has 10 heteroatoms. The number of benzene rings is 2. The maximum absolute atomic E-state index is 12.7. The largest absolute Gasteiger partial charge is 0.505 e. The predicted octanol–water partition coefficient (Wildman–Crippen LogP) is 2.63. The maximum Gasteiger partial charge on any atom is 0.197 e. The standard InChI is InChI=1S/C26H24N4O6/c27-9-10-29(11-12-31)20-8-5-16(13-28-20)30-14-15-3-1-2-4-19(15)36-26-23(30)24(34)21-17(32)6-7-18(33)22(21)25(26)35/h1-8,13,31,34-35H,9-12,14,27H2. The number of nitrogens with two attached hydrogens (primary N) is 1. The number of aliphatic hydroxyl groups is 1. The van der Waals surface area contributed by atoms with Gasteiger partial charge in [-0.2, -0.15) is 0 Å². The SMILES string of the molecule is NCCN(CCO)c1ccc(N2Cc3ccccc3Oc3c(O)c4c(c(O)c32)C(=O)C=CC4=O)cn1. The molecule has 0 saturated carbocycles. The van der Waals surface area contributed by atoms with Gasteiger partial charge in [-0.1, -0.05) is 18.2 Å². The van der Waals surface area contributed by atoms with Gasteiger partial charge in [0.15, 0.2) is 28.8 Å². The van der Waals surface area contributed by atoms with Gasteiger partial charge >= 0.3 is 0 Å². The number of aromatic nitrogens is 1. The zero-order chi connectivity index (χ0) is 25.4. The smallest absolute Gasteiger partial charge is 0.197 e. The van der Waals surface area contributed by atoms with Crippen LogP contribution in [-0.4, -0.2) is 58.1 Å². The summed E-state index contributed by atoms with van der Waals surface area (Å²) >= 11 is 0. The first-order chi connectivity index (χ1) is 17.4. The van der Waals surface area contributed by atoms with Gasteiger partial charge in [-0.15, -0.1) is 0 Å². The van der Waals surface area contributed by atoms with Crippen LogP contribution in [0.15, 0.2) is 54.7 Å². The van der Waals surface area contributed by atoms with Crippen LogP contribution in [0, 0.1) is 0 Å². The molecule has 1 aromatic heterocycles. The minimum absolute atomic E-state index is 0.0441. The molecule has 0 saturated heterocycles. The van der Waals surface area contributed by atoms with Gasteiger partial charge in [-0.05, 0) is 30.4 Å². The first-order valence-corrected chi connectivity index (χ1v) is 11.4. The van der Waals surface area contributed by atoms with Crippen molar-refractivity contribution in [3.63, 3.8) is 0 Å². The summed E-state index contributed by atoms with van der Waals surface area (Å²) in [6.07, 6.45) is 3.70. The van der Waals surface area contributed by atoms with E-state index in [9.17, 15) is 24.9 Å². The summed E-state index contributed by atoms with van der Waals surface area (Å²) in [5, 5.41) is 31.8. The summed E-state index contributed by atoms with van der Waals surface area (Å²) in [7, 11) is 0. The molecule has 5 N–H and O–H groups in total. The summed E-state index contributed by atoms with van der Waals surface area (Å²) in [5.74, 6) is -1.30. The molecule has 2 heterocycles. The molecular formula is C26H24N4O6. The number of pyridine rings is 1. The highest BCUT2D eigenvalue weighted by atomic mass is 16.5. The molecule has 0 spiro atoms. The number of hydrogen-bond donors (Lipinski definition) is 4. The van der Waals surface area contributed by atoms with E-state index in [4.69, 9.17) is 10.5 Å². The van der Waals surface area contributed by atoms with E-state index < -0.39 is 23.1 Å². The quantitative estimate of drug-likeness (QED) is 0.381. The molecule has 10 nitrogen and oxygen atoms in total. The topological polar surface area (TPSA) is 149 Å². The Bertz CT molecular complexity index is 1380. The van der Waals surface area contributed by atoms with Crippen molar-refractivity contribution < 1.29 is 29.6 Å². The Labute approximate surface area is 206 Å². The van der Waals surface area contributed by atoms with Crippen molar-refractivity contribution in [2.75, 3.05) is 36.0 Å². The molecule has 1 aliphatic carbocycles. The van der Waals surface area contributed by atoms with Gasteiger partial charge < -0.3 is 35.6 Å². The van der Waals surface area contributed by atoms with E-state index >= 15 is 0 Å². The molecule has 2 aromatic carbocycles. The lowest BCUT2D eigenvalue weighted by Gasteiger charge is -2.28. The van der Waals surface area contributed by atoms with E-state index in [1.807, 2.05) is 17.0 Å². The van der Waals surface area contributed by atoms with Crippen LogP contribution < -0.4 is 20.3 Å². The highest BCUT2D eigenvalue weighted by molar-refractivity contribution is 6.25. The van der Waals surface area contributed by atoms with E-state index in [0.717, 1.165) is 17.7 Å². The molecule has 0 atom stereocenters. The number of phenols is 2. The second-order valence-corrected chi connectivity index (χ2v) is 8.36. The van der Waals surface area contributed by atoms with Gasteiger partial charge in [0, 0.05) is 25.2 Å². The Morgan fingerprint density at radius 2 is 1.72 bits per heavy atom. The zero-order valence-corrected chi connectivity index (χ0v) is 19.2. The van der Waals surface area contributed by atoms with Gasteiger partial charge in [0.25, 0.3) is 0 Å².